The van der Waals surface area contributed by atoms with E-state index in [1.807, 2.05) is 19.3 Å². The van der Waals surface area contributed by atoms with Crippen molar-refractivity contribution >= 4 is 34.6 Å². The van der Waals surface area contributed by atoms with Crippen LogP contribution < -0.4 is 19.5 Å². The van der Waals surface area contributed by atoms with Crippen molar-refractivity contribution in [3.63, 3.8) is 0 Å². The van der Waals surface area contributed by atoms with Crippen molar-refractivity contribution in [3.05, 3.63) is 35.0 Å². The molecule has 0 unspecified atom stereocenters. The second-order valence-corrected chi connectivity index (χ2v) is 6.33. The summed E-state index contributed by atoms with van der Waals surface area (Å²) < 4.78 is 17.7. The van der Waals surface area contributed by atoms with Crippen LogP contribution in [-0.2, 0) is 7.05 Å². The first-order valence-electron chi connectivity index (χ1n) is 7.62. The Morgan fingerprint density at radius 3 is 2.42 bits per heavy atom. The Morgan fingerprint density at radius 1 is 1.19 bits per heavy atom. The van der Waals surface area contributed by atoms with Crippen molar-refractivity contribution in [2.75, 3.05) is 21.3 Å². The molecule has 1 amide bonds. The number of aryl methyl sites for hydroxylation is 1. The molecule has 9 heteroatoms. The van der Waals surface area contributed by atoms with Crippen LogP contribution in [0.15, 0.2) is 34.4 Å². The van der Waals surface area contributed by atoms with E-state index in [9.17, 15) is 4.79 Å². The molecule has 26 heavy (non-hydrogen) atoms. The molecule has 0 radical (unpaired) electrons. The lowest BCUT2D eigenvalue weighted by Gasteiger charge is -2.12. The van der Waals surface area contributed by atoms with E-state index in [2.05, 4.69) is 15.4 Å². The van der Waals surface area contributed by atoms with Gasteiger partial charge in [0.1, 0.15) is 5.84 Å². The van der Waals surface area contributed by atoms with Crippen LogP contribution in [0.5, 0.6) is 17.2 Å². The van der Waals surface area contributed by atoms with E-state index in [-0.39, 0.29) is 5.24 Å². The van der Waals surface area contributed by atoms with Gasteiger partial charge in [-0.25, -0.2) is 4.99 Å². The van der Waals surface area contributed by atoms with Crippen molar-refractivity contribution in [2.45, 2.75) is 0 Å². The molecule has 1 aliphatic heterocycles. The number of benzene rings is 1. The number of aliphatic imine (C=N–C) groups is 1. The number of nitrogens with one attached hydrogen (secondary N) is 1. The Morgan fingerprint density at radius 2 is 1.88 bits per heavy atom. The minimum absolute atomic E-state index is 0.189. The zero-order chi connectivity index (χ0) is 18.7. The topological polar surface area (TPSA) is 87.0 Å². The average Bonchev–Trinajstić information content (AvgIpc) is 3.19. The molecule has 3 rings (SSSR count). The maximum atomic E-state index is 11.8. The zero-order valence-corrected chi connectivity index (χ0v) is 15.6. The lowest BCUT2D eigenvalue weighted by Crippen LogP contribution is -2.18. The van der Waals surface area contributed by atoms with Gasteiger partial charge in [0.05, 0.1) is 38.1 Å². The van der Waals surface area contributed by atoms with Crippen molar-refractivity contribution in [1.82, 2.24) is 15.1 Å². The van der Waals surface area contributed by atoms with Gasteiger partial charge in [-0.3, -0.25) is 9.48 Å². The number of rotatable bonds is 5. The molecule has 2 aromatic rings. The number of aromatic nitrogens is 2. The molecule has 0 atom stereocenters. The molecule has 1 fully saturated rings. The second-order valence-electron chi connectivity index (χ2n) is 5.31. The minimum atomic E-state index is -0.189. The molecular formula is C17H18N4O4S. The van der Waals surface area contributed by atoms with E-state index >= 15 is 0 Å². The highest BCUT2D eigenvalue weighted by molar-refractivity contribution is 8.18. The number of nitrogens with zero attached hydrogens (tertiary/aromatic N) is 3. The maximum absolute atomic E-state index is 11.8. The summed E-state index contributed by atoms with van der Waals surface area (Å²) in [6.45, 7) is 0. The number of amidine groups is 1. The van der Waals surface area contributed by atoms with Crippen LogP contribution in [0, 0.1) is 0 Å². The average molecular weight is 374 g/mol. The SMILES string of the molecule is COc1cc(N=C2NC(=O)S/C2=C\c2cnn(C)c2)cc(OC)c1OC. The smallest absolute Gasteiger partial charge is 0.289 e. The normalized spacial score (nSPS) is 16.8. The Labute approximate surface area is 154 Å². The quantitative estimate of drug-likeness (QED) is 0.866. The first kappa shape index (κ1) is 17.9. The Bertz CT molecular complexity index is 879. The summed E-state index contributed by atoms with van der Waals surface area (Å²) in [7, 11) is 6.44. The van der Waals surface area contributed by atoms with E-state index in [4.69, 9.17) is 14.2 Å². The van der Waals surface area contributed by atoms with E-state index < -0.39 is 0 Å². The van der Waals surface area contributed by atoms with Gasteiger partial charge in [0, 0.05) is 30.9 Å². The largest absolute Gasteiger partial charge is 0.493 e. The fraction of sp³-hybridized carbons (Fsp3) is 0.235. The number of thioether (sulfide) groups is 1. The van der Waals surface area contributed by atoms with Gasteiger partial charge in [0.15, 0.2) is 11.5 Å². The molecule has 0 bridgehead atoms. The van der Waals surface area contributed by atoms with Crippen LogP contribution in [0.25, 0.3) is 6.08 Å². The number of ether oxygens (including phenoxy) is 3. The van der Waals surface area contributed by atoms with Crippen LogP contribution >= 0.6 is 11.8 Å². The summed E-state index contributed by atoms with van der Waals surface area (Å²) in [5, 5.41) is 6.68. The van der Waals surface area contributed by atoms with Crippen LogP contribution in [0.1, 0.15) is 5.56 Å². The van der Waals surface area contributed by atoms with Gasteiger partial charge in [-0.05, 0) is 17.8 Å². The number of carbonyl (C=O) groups is 1. The molecule has 1 aromatic heterocycles. The highest BCUT2D eigenvalue weighted by atomic mass is 32.2. The van der Waals surface area contributed by atoms with E-state index in [0.29, 0.717) is 33.7 Å². The third-order valence-corrected chi connectivity index (χ3v) is 4.39. The first-order chi connectivity index (χ1) is 12.5. The molecule has 1 aromatic carbocycles. The lowest BCUT2D eigenvalue weighted by molar-refractivity contribution is 0.265. The summed E-state index contributed by atoms with van der Waals surface area (Å²) >= 11 is 1.08. The van der Waals surface area contributed by atoms with Crippen LogP contribution in [0.4, 0.5) is 10.5 Å². The second kappa shape index (κ2) is 7.52. The van der Waals surface area contributed by atoms with Crippen LogP contribution in [0.2, 0.25) is 0 Å². The summed E-state index contributed by atoms with van der Waals surface area (Å²) in [5.41, 5.74) is 1.44. The molecule has 0 spiro atoms. The Hall–Kier alpha value is -2.94. The van der Waals surface area contributed by atoms with Gasteiger partial charge in [-0.2, -0.15) is 5.10 Å². The monoisotopic (exact) mass is 374 g/mol. The fourth-order valence-corrected chi connectivity index (χ4v) is 3.18. The summed E-state index contributed by atoms with van der Waals surface area (Å²) in [6.07, 6.45) is 5.42. The number of hydrogen-bond donors (Lipinski definition) is 1. The standard InChI is InChI=1S/C17H18N4O4S/c1-21-9-10(8-18-21)5-14-16(20-17(22)26-14)19-11-6-12(23-2)15(25-4)13(7-11)24-3/h5-9H,1-4H3,(H,19,20,22)/b14-5-. The molecule has 0 aliphatic carbocycles. The van der Waals surface area contributed by atoms with Crippen molar-refractivity contribution in [1.29, 1.82) is 0 Å². The molecule has 1 saturated heterocycles. The fourth-order valence-electron chi connectivity index (χ4n) is 2.44. The van der Waals surface area contributed by atoms with Crippen molar-refractivity contribution in [3.8, 4) is 17.2 Å². The summed E-state index contributed by atoms with van der Waals surface area (Å²) in [5.74, 6) is 1.91. The van der Waals surface area contributed by atoms with Gasteiger partial charge in [-0.15, -0.1) is 0 Å². The highest BCUT2D eigenvalue weighted by Gasteiger charge is 2.24. The molecule has 136 valence electrons. The van der Waals surface area contributed by atoms with Crippen LogP contribution in [0.3, 0.4) is 0 Å². The summed E-state index contributed by atoms with van der Waals surface area (Å²) in [4.78, 5) is 17.1. The highest BCUT2D eigenvalue weighted by Crippen LogP contribution is 2.41. The van der Waals surface area contributed by atoms with Gasteiger partial charge in [0.2, 0.25) is 5.75 Å². The maximum Gasteiger partial charge on any atom is 0.289 e. The minimum Gasteiger partial charge on any atom is -0.493 e. The molecule has 2 heterocycles. The number of hydrogen-bond acceptors (Lipinski definition) is 7. The third kappa shape index (κ3) is 3.67. The lowest BCUT2D eigenvalue weighted by atomic mass is 10.2. The van der Waals surface area contributed by atoms with Gasteiger partial charge in [0.25, 0.3) is 5.24 Å². The predicted molar refractivity (Wildman–Crippen MR) is 101 cm³/mol. The van der Waals surface area contributed by atoms with Gasteiger partial charge >= 0.3 is 0 Å². The van der Waals surface area contributed by atoms with Crippen molar-refractivity contribution in [2.24, 2.45) is 12.0 Å². The van der Waals surface area contributed by atoms with Gasteiger partial charge < -0.3 is 19.5 Å². The molecular weight excluding hydrogens is 356 g/mol. The van der Waals surface area contributed by atoms with Crippen molar-refractivity contribution < 1.29 is 19.0 Å². The number of methoxy groups -OCH3 is 3. The third-order valence-electron chi connectivity index (χ3n) is 3.57. The molecule has 1 aliphatic rings. The predicted octanol–water partition coefficient (Wildman–Crippen LogP) is 2.97. The number of amides is 1. The van der Waals surface area contributed by atoms with E-state index in [1.54, 1.807) is 23.0 Å². The van der Waals surface area contributed by atoms with Crippen LogP contribution in [-0.4, -0.2) is 42.2 Å². The van der Waals surface area contributed by atoms with Gasteiger partial charge in [-0.1, -0.05) is 0 Å². The molecule has 8 nitrogen and oxygen atoms in total. The molecule has 1 N–H and O–H groups in total. The zero-order valence-electron chi connectivity index (χ0n) is 14.8. The summed E-state index contributed by atoms with van der Waals surface area (Å²) in [6, 6.07) is 3.43. The Balaban J connectivity index is 2.02. The van der Waals surface area contributed by atoms with E-state index in [1.165, 1.54) is 21.3 Å². The van der Waals surface area contributed by atoms with E-state index in [0.717, 1.165) is 17.3 Å². The first-order valence-corrected chi connectivity index (χ1v) is 8.44. The number of carbonyl (C=O) groups excluding carboxylic acids is 1. The Kier molecular flexibility index (Phi) is 5.17. The molecule has 0 saturated carbocycles.